The predicted octanol–water partition coefficient (Wildman–Crippen LogP) is 2.97. The van der Waals surface area contributed by atoms with Crippen molar-refractivity contribution in [2.45, 2.75) is 20.4 Å². The van der Waals surface area contributed by atoms with E-state index in [2.05, 4.69) is 15.4 Å². The van der Waals surface area contributed by atoms with Crippen LogP contribution in [0.5, 0.6) is 0 Å². The number of anilines is 2. The quantitative estimate of drug-likeness (QED) is 0.634. The summed E-state index contributed by atoms with van der Waals surface area (Å²) in [5.41, 5.74) is 1.000. The Bertz CT molecular complexity index is 1110. The van der Waals surface area contributed by atoms with Crippen LogP contribution in [0.25, 0.3) is 11.3 Å². The lowest BCUT2D eigenvalue weighted by molar-refractivity contribution is 0.0696. The predicted molar refractivity (Wildman–Crippen MR) is 104 cm³/mol. The van der Waals surface area contributed by atoms with Gasteiger partial charge in [-0.3, -0.25) is 14.6 Å². The van der Waals surface area contributed by atoms with Crippen LogP contribution in [0.1, 0.15) is 34.6 Å². The van der Waals surface area contributed by atoms with Gasteiger partial charge in [0.05, 0.1) is 23.0 Å². The monoisotopic (exact) mass is 378 g/mol. The van der Waals surface area contributed by atoms with Gasteiger partial charge in [-0.1, -0.05) is 12.1 Å². The van der Waals surface area contributed by atoms with Crippen molar-refractivity contribution >= 4 is 23.1 Å². The number of ketones is 1. The molecule has 0 aliphatic heterocycles. The number of Topliss-reactive ketones (excluding diaryl/α,β-unsaturated/α-hetero) is 1. The van der Waals surface area contributed by atoms with E-state index in [4.69, 9.17) is 0 Å². The van der Waals surface area contributed by atoms with Crippen molar-refractivity contribution in [3.05, 3.63) is 70.3 Å². The molecule has 28 heavy (non-hydrogen) atoms. The molecule has 3 rings (SSSR count). The maximum Gasteiger partial charge on any atom is 0.335 e. The molecule has 8 nitrogen and oxygen atoms in total. The highest BCUT2D eigenvalue weighted by atomic mass is 16.4. The molecule has 142 valence electrons. The molecule has 0 fully saturated rings. The number of carboxylic acids is 1. The first-order valence-electron chi connectivity index (χ1n) is 8.59. The van der Waals surface area contributed by atoms with Crippen molar-refractivity contribution < 1.29 is 14.7 Å². The molecule has 2 aromatic heterocycles. The van der Waals surface area contributed by atoms with Gasteiger partial charge in [-0.15, -0.1) is 0 Å². The average Bonchev–Trinajstić information content (AvgIpc) is 2.69. The van der Waals surface area contributed by atoms with Gasteiger partial charge in [0.2, 0.25) is 0 Å². The van der Waals surface area contributed by atoms with E-state index in [1.165, 1.54) is 29.9 Å². The van der Waals surface area contributed by atoms with Crippen LogP contribution in [0.15, 0.2) is 53.6 Å². The minimum absolute atomic E-state index is 0.0600. The molecule has 0 amide bonds. The Morgan fingerprint density at radius 2 is 2.00 bits per heavy atom. The van der Waals surface area contributed by atoms with Crippen LogP contribution in [-0.2, 0) is 6.54 Å². The summed E-state index contributed by atoms with van der Waals surface area (Å²) in [5, 5.41) is 16.6. The fourth-order valence-corrected chi connectivity index (χ4v) is 2.83. The van der Waals surface area contributed by atoms with Crippen molar-refractivity contribution in [2.75, 3.05) is 5.32 Å². The molecule has 0 unspecified atom stereocenters. The average molecular weight is 378 g/mol. The van der Waals surface area contributed by atoms with E-state index in [0.717, 1.165) is 0 Å². The number of benzene rings is 1. The zero-order chi connectivity index (χ0) is 20.3. The summed E-state index contributed by atoms with van der Waals surface area (Å²) in [6.45, 7) is 3.38. The van der Waals surface area contributed by atoms with E-state index >= 15 is 0 Å². The van der Waals surface area contributed by atoms with Gasteiger partial charge in [0.25, 0.3) is 5.56 Å². The Hall–Kier alpha value is -3.81. The third-order valence-electron chi connectivity index (χ3n) is 4.12. The molecule has 0 saturated carbocycles. The fraction of sp³-hybridized carbons (Fsp3) is 0.150. The van der Waals surface area contributed by atoms with E-state index in [9.17, 15) is 19.5 Å². The number of pyridine rings is 1. The van der Waals surface area contributed by atoms with Gasteiger partial charge in [-0.2, -0.15) is 5.10 Å². The highest BCUT2D eigenvalue weighted by molar-refractivity contribution is 6.05. The standard InChI is InChI=1S/C20H18N4O4/c1-3-24-19(26)18(22-15-8-5-9-21-11-15)16(12(2)25)17(23-24)13-6-4-7-14(10-13)20(27)28/h4-11,22H,3H2,1-2H3,(H,27,28). The summed E-state index contributed by atoms with van der Waals surface area (Å²) in [6, 6.07) is 9.52. The summed E-state index contributed by atoms with van der Waals surface area (Å²) in [7, 11) is 0. The summed E-state index contributed by atoms with van der Waals surface area (Å²) in [4.78, 5) is 40.6. The van der Waals surface area contributed by atoms with E-state index in [1.54, 1.807) is 37.4 Å². The summed E-state index contributed by atoms with van der Waals surface area (Å²) in [5.74, 6) is -1.46. The number of carboxylic acid groups (broad SMARTS) is 1. The SMILES string of the molecule is CCn1nc(-c2cccc(C(=O)O)c2)c(C(C)=O)c(Nc2cccnc2)c1=O. The van der Waals surface area contributed by atoms with Crippen LogP contribution in [0, 0.1) is 0 Å². The molecule has 0 aliphatic rings. The Morgan fingerprint density at radius 1 is 1.21 bits per heavy atom. The molecule has 0 atom stereocenters. The Balaban J connectivity index is 2.29. The molecule has 3 aromatic rings. The topological polar surface area (TPSA) is 114 Å². The van der Waals surface area contributed by atoms with Crippen LogP contribution < -0.4 is 10.9 Å². The Morgan fingerprint density at radius 3 is 2.61 bits per heavy atom. The number of aryl methyl sites for hydroxylation is 1. The Labute approximate surface area is 160 Å². The van der Waals surface area contributed by atoms with Crippen molar-refractivity contribution in [1.82, 2.24) is 14.8 Å². The van der Waals surface area contributed by atoms with Gasteiger partial charge in [0.1, 0.15) is 11.4 Å². The van der Waals surface area contributed by atoms with E-state index in [0.29, 0.717) is 11.3 Å². The van der Waals surface area contributed by atoms with Crippen LogP contribution in [-0.4, -0.2) is 31.6 Å². The first kappa shape index (κ1) is 19.0. The molecule has 0 bridgehead atoms. The molecular formula is C20H18N4O4. The maximum atomic E-state index is 12.9. The van der Waals surface area contributed by atoms with Gasteiger partial charge in [0.15, 0.2) is 5.78 Å². The lowest BCUT2D eigenvalue weighted by Gasteiger charge is -2.16. The number of hydrogen-bond acceptors (Lipinski definition) is 6. The second-order valence-electron chi connectivity index (χ2n) is 6.03. The molecular weight excluding hydrogens is 360 g/mol. The number of nitrogens with one attached hydrogen (secondary N) is 1. The first-order chi connectivity index (χ1) is 13.4. The summed E-state index contributed by atoms with van der Waals surface area (Å²) in [6.07, 6.45) is 3.13. The third-order valence-corrected chi connectivity index (χ3v) is 4.12. The highest BCUT2D eigenvalue weighted by Crippen LogP contribution is 2.28. The van der Waals surface area contributed by atoms with Crippen LogP contribution in [0.4, 0.5) is 11.4 Å². The number of nitrogens with zero attached hydrogens (tertiary/aromatic N) is 3. The fourth-order valence-electron chi connectivity index (χ4n) is 2.83. The van der Waals surface area contributed by atoms with Crippen molar-refractivity contribution in [3.63, 3.8) is 0 Å². The number of carbonyl (C=O) groups excluding carboxylic acids is 1. The van der Waals surface area contributed by atoms with Crippen LogP contribution >= 0.6 is 0 Å². The Kier molecular flexibility index (Phi) is 5.30. The largest absolute Gasteiger partial charge is 0.478 e. The van der Waals surface area contributed by atoms with Gasteiger partial charge < -0.3 is 10.4 Å². The zero-order valence-corrected chi connectivity index (χ0v) is 15.3. The number of aromatic nitrogens is 3. The second kappa shape index (κ2) is 7.83. The molecule has 2 N–H and O–H groups in total. The van der Waals surface area contributed by atoms with E-state index in [-0.39, 0.29) is 34.8 Å². The first-order valence-corrected chi connectivity index (χ1v) is 8.59. The summed E-state index contributed by atoms with van der Waals surface area (Å²) < 4.78 is 1.23. The highest BCUT2D eigenvalue weighted by Gasteiger charge is 2.22. The lowest BCUT2D eigenvalue weighted by atomic mass is 10.0. The summed E-state index contributed by atoms with van der Waals surface area (Å²) >= 11 is 0. The van der Waals surface area contributed by atoms with Crippen molar-refractivity contribution in [3.8, 4) is 11.3 Å². The van der Waals surface area contributed by atoms with Crippen molar-refractivity contribution in [2.24, 2.45) is 0 Å². The normalized spacial score (nSPS) is 10.5. The van der Waals surface area contributed by atoms with E-state index in [1.807, 2.05) is 0 Å². The third kappa shape index (κ3) is 3.66. The minimum Gasteiger partial charge on any atom is -0.478 e. The number of hydrogen-bond donors (Lipinski definition) is 2. The maximum absolute atomic E-state index is 12.9. The molecule has 0 saturated heterocycles. The van der Waals surface area contributed by atoms with E-state index < -0.39 is 11.5 Å². The number of aromatic carboxylic acids is 1. The number of rotatable bonds is 6. The van der Waals surface area contributed by atoms with Gasteiger partial charge in [0, 0.05) is 18.3 Å². The van der Waals surface area contributed by atoms with Crippen LogP contribution in [0.3, 0.4) is 0 Å². The van der Waals surface area contributed by atoms with Crippen molar-refractivity contribution in [1.29, 1.82) is 0 Å². The van der Waals surface area contributed by atoms with Crippen LogP contribution in [0.2, 0.25) is 0 Å². The molecule has 0 spiro atoms. The molecule has 1 aromatic carbocycles. The smallest absolute Gasteiger partial charge is 0.335 e. The van der Waals surface area contributed by atoms with Gasteiger partial charge >= 0.3 is 5.97 Å². The zero-order valence-electron chi connectivity index (χ0n) is 15.3. The van der Waals surface area contributed by atoms with Gasteiger partial charge in [-0.25, -0.2) is 9.48 Å². The second-order valence-corrected chi connectivity index (χ2v) is 6.03. The number of carbonyl (C=O) groups is 2. The molecule has 0 aliphatic carbocycles. The van der Waals surface area contributed by atoms with Gasteiger partial charge in [-0.05, 0) is 38.1 Å². The molecule has 0 radical (unpaired) electrons. The lowest BCUT2D eigenvalue weighted by Crippen LogP contribution is -2.28. The molecule has 2 heterocycles. The molecule has 8 heteroatoms. The minimum atomic E-state index is -1.09.